The van der Waals surface area contributed by atoms with Gasteiger partial charge in [0.15, 0.2) is 11.2 Å². The van der Waals surface area contributed by atoms with Gasteiger partial charge >= 0.3 is 0 Å². The lowest BCUT2D eigenvalue weighted by Crippen LogP contribution is -1.91. The third kappa shape index (κ3) is 7.90. The Morgan fingerprint density at radius 1 is 0.146 bits per heavy atom. The van der Waals surface area contributed by atoms with Crippen LogP contribution in [0.15, 0.2) is 333 Å². The Kier molecular flexibility index (Phi) is 11.2. The largest absolute Gasteiger partial charge is 0.456 e. The Balaban J connectivity index is 0.575. The van der Waals surface area contributed by atoms with Gasteiger partial charge in [-0.3, -0.25) is 0 Å². The molecule has 0 aliphatic rings. The van der Waals surface area contributed by atoms with Gasteiger partial charge in [-0.15, -0.1) is 0 Å². The molecule has 4 nitrogen and oxygen atoms in total. The molecule has 21 aromatic rings. The zero-order chi connectivity index (χ0) is 62.7. The average Bonchev–Trinajstić information content (AvgIpc) is 1.31. The van der Waals surface area contributed by atoms with Gasteiger partial charge in [-0.1, -0.05) is 249 Å². The minimum absolute atomic E-state index is 0.780. The van der Waals surface area contributed by atoms with Crippen LogP contribution in [0.5, 0.6) is 0 Å². The van der Waals surface area contributed by atoms with Crippen molar-refractivity contribution in [2.24, 2.45) is 0 Å². The number of furan rings is 4. The van der Waals surface area contributed by atoms with E-state index in [-0.39, 0.29) is 0 Å². The molecular formula is C92H52O4. The molecule has 0 saturated carbocycles. The predicted molar refractivity (Wildman–Crippen MR) is 401 cm³/mol. The number of para-hydroxylation sites is 1. The summed E-state index contributed by atoms with van der Waals surface area (Å²) in [6.07, 6.45) is 0. The highest BCUT2D eigenvalue weighted by Crippen LogP contribution is 2.49. The van der Waals surface area contributed by atoms with Gasteiger partial charge in [0.2, 0.25) is 0 Å². The minimum atomic E-state index is 0.780. The second-order valence-corrected chi connectivity index (χ2v) is 25.6. The molecule has 0 unspecified atom stereocenters. The second-order valence-electron chi connectivity index (χ2n) is 25.6. The van der Waals surface area contributed by atoms with E-state index in [4.69, 9.17) is 17.7 Å². The van der Waals surface area contributed by atoms with Crippen LogP contribution in [0.3, 0.4) is 0 Å². The van der Waals surface area contributed by atoms with Gasteiger partial charge in [-0.2, -0.15) is 0 Å². The highest BCUT2D eigenvalue weighted by molar-refractivity contribution is 6.25. The molecule has 4 aromatic heterocycles. The standard InChI is InChI=1S/C92H52O4/c1-2-16-63-56(14-1)15-13-26-64(63)57-34-38-59(39-35-57)88-71-20-5-7-22-73(71)89(74-23-8-6-21-72(74)88)61-42-45-68-80-51-79-67-43-40-60(48-82(67)93-85(79)52-86(80)94-83(68)49-61)55-30-28-53(29-31-55)54-32-36-58(37-33-54)87-69-18-3-9-24-75(69)90(76-25-10-4-19-70(76)87)62-41-44-66-78-47-46-77-65-17-11-12-27-81(65)95-91(77)92(78)96-84(66)50-62/h1-52H. The summed E-state index contributed by atoms with van der Waals surface area (Å²) in [6, 6.07) is 114. The third-order valence-corrected chi connectivity index (χ3v) is 20.5. The van der Waals surface area contributed by atoms with Crippen LogP contribution in [0.1, 0.15) is 0 Å². The van der Waals surface area contributed by atoms with Crippen LogP contribution in [-0.2, 0) is 0 Å². The maximum Gasteiger partial charge on any atom is 0.178 e. The summed E-state index contributed by atoms with van der Waals surface area (Å²) in [5, 5.41) is 20.7. The van der Waals surface area contributed by atoms with Crippen LogP contribution in [0, 0.1) is 0 Å². The van der Waals surface area contributed by atoms with E-state index in [1.807, 2.05) is 12.1 Å². The molecular weight excluding hydrogens is 1170 g/mol. The van der Waals surface area contributed by atoms with Crippen molar-refractivity contribution in [3.8, 4) is 77.9 Å². The van der Waals surface area contributed by atoms with E-state index in [1.54, 1.807) is 0 Å². The molecule has 444 valence electrons. The summed E-state index contributed by atoms with van der Waals surface area (Å²) in [4.78, 5) is 0. The fourth-order valence-electron chi connectivity index (χ4n) is 16.0. The lowest BCUT2D eigenvalue weighted by atomic mass is 9.85. The summed E-state index contributed by atoms with van der Waals surface area (Å²) in [6.45, 7) is 0. The number of rotatable bonds is 7. The molecule has 4 heterocycles. The van der Waals surface area contributed by atoms with Crippen molar-refractivity contribution in [2.45, 2.75) is 0 Å². The van der Waals surface area contributed by atoms with Crippen LogP contribution in [0.2, 0.25) is 0 Å². The van der Waals surface area contributed by atoms with Gasteiger partial charge in [0, 0.05) is 49.2 Å². The molecule has 0 spiro atoms. The monoisotopic (exact) mass is 1220 g/mol. The van der Waals surface area contributed by atoms with Crippen LogP contribution in [-0.4, -0.2) is 0 Å². The van der Waals surface area contributed by atoms with E-state index in [0.717, 1.165) is 121 Å². The van der Waals surface area contributed by atoms with Crippen molar-refractivity contribution in [1.82, 2.24) is 0 Å². The molecule has 0 atom stereocenters. The number of hydrogen-bond acceptors (Lipinski definition) is 4. The van der Waals surface area contributed by atoms with Crippen molar-refractivity contribution in [2.75, 3.05) is 0 Å². The summed E-state index contributed by atoms with van der Waals surface area (Å²) < 4.78 is 26.7. The first-order valence-electron chi connectivity index (χ1n) is 32.8. The van der Waals surface area contributed by atoms with E-state index < -0.39 is 0 Å². The van der Waals surface area contributed by atoms with Crippen LogP contribution in [0.25, 0.3) is 220 Å². The fraction of sp³-hybridized carbons (Fsp3) is 0. The molecule has 0 amide bonds. The summed E-state index contributed by atoms with van der Waals surface area (Å²) in [5.41, 5.74) is 22.9. The quantitative estimate of drug-likeness (QED) is 0.149. The zero-order valence-electron chi connectivity index (χ0n) is 51.7. The fourth-order valence-corrected chi connectivity index (χ4v) is 16.0. The molecule has 21 rings (SSSR count). The van der Waals surface area contributed by atoms with Gasteiger partial charge in [0.05, 0.1) is 0 Å². The Morgan fingerprint density at radius 3 is 0.938 bits per heavy atom. The van der Waals surface area contributed by atoms with Crippen LogP contribution < -0.4 is 0 Å². The Bertz CT molecular complexity index is 6730. The maximum absolute atomic E-state index is 6.80. The lowest BCUT2D eigenvalue weighted by Gasteiger charge is -2.18. The van der Waals surface area contributed by atoms with Crippen molar-refractivity contribution < 1.29 is 17.7 Å². The van der Waals surface area contributed by atoms with Gasteiger partial charge in [0.25, 0.3) is 0 Å². The first-order chi connectivity index (χ1) is 47.6. The molecule has 0 aliphatic carbocycles. The van der Waals surface area contributed by atoms with Crippen molar-refractivity contribution in [3.05, 3.63) is 315 Å². The number of hydrogen-bond donors (Lipinski definition) is 0. The normalized spacial score (nSPS) is 12.2. The van der Waals surface area contributed by atoms with Crippen molar-refractivity contribution >= 4 is 142 Å². The molecule has 17 aromatic carbocycles. The van der Waals surface area contributed by atoms with Crippen LogP contribution >= 0.6 is 0 Å². The van der Waals surface area contributed by atoms with Crippen molar-refractivity contribution in [1.29, 1.82) is 0 Å². The predicted octanol–water partition coefficient (Wildman–Crippen LogP) is 26.7. The molecule has 0 radical (unpaired) electrons. The first-order valence-corrected chi connectivity index (χ1v) is 32.8. The van der Waals surface area contributed by atoms with Crippen molar-refractivity contribution in [3.63, 3.8) is 0 Å². The molecule has 0 saturated heterocycles. The maximum atomic E-state index is 6.80. The van der Waals surface area contributed by atoms with E-state index >= 15 is 0 Å². The summed E-state index contributed by atoms with van der Waals surface area (Å²) in [7, 11) is 0. The minimum Gasteiger partial charge on any atom is -0.456 e. The first kappa shape index (κ1) is 52.8. The molecule has 4 heteroatoms. The second kappa shape index (κ2) is 20.4. The highest BCUT2D eigenvalue weighted by Gasteiger charge is 2.23. The molecule has 0 N–H and O–H groups in total. The smallest absolute Gasteiger partial charge is 0.178 e. The topological polar surface area (TPSA) is 52.6 Å². The molecule has 0 fully saturated rings. The lowest BCUT2D eigenvalue weighted by molar-refractivity contribution is 0.633. The van der Waals surface area contributed by atoms with Gasteiger partial charge in [-0.25, -0.2) is 0 Å². The van der Waals surface area contributed by atoms with Crippen LogP contribution in [0.4, 0.5) is 0 Å². The van der Waals surface area contributed by atoms with Gasteiger partial charge < -0.3 is 17.7 Å². The molecule has 96 heavy (non-hydrogen) atoms. The third-order valence-electron chi connectivity index (χ3n) is 20.5. The zero-order valence-corrected chi connectivity index (χ0v) is 51.7. The highest BCUT2D eigenvalue weighted by atomic mass is 16.4. The number of benzene rings is 17. The molecule has 0 bridgehead atoms. The van der Waals surface area contributed by atoms with Gasteiger partial charge in [-0.05, 0) is 192 Å². The SMILES string of the molecule is c1ccc2c(-c3ccc(-c4c5ccccc5c(-c5ccc6c(c5)oc5cc7oc8cc(-c9ccc(-c%10ccc(-c%11c%12ccccc%12c(-c%12ccc%13c(c%12)oc%12c%13ccc%13c%14ccccc%14oc%13%12)c%12ccccc%11%12)cc%10)cc9)ccc8c7cc56)c5ccccc45)cc3)cccc2c1. The molecule has 0 aliphatic heterocycles. The summed E-state index contributed by atoms with van der Waals surface area (Å²) >= 11 is 0. The van der Waals surface area contributed by atoms with E-state index in [2.05, 4.69) is 303 Å². The Hall–Kier alpha value is -12.8. The van der Waals surface area contributed by atoms with E-state index in [9.17, 15) is 0 Å². The average molecular weight is 1220 g/mol. The summed E-state index contributed by atoms with van der Waals surface area (Å²) in [5.74, 6) is 0. The van der Waals surface area contributed by atoms with E-state index in [0.29, 0.717) is 0 Å². The Morgan fingerprint density at radius 2 is 0.448 bits per heavy atom. The number of fused-ring (bicyclic) bond motifs is 18. The van der Waals surface area contributed by atoms with Gasteiger partial charge in [0.1, 0.15) is 33.5 Å². The Labute approximate surface area is 549 Å². The van der Waals surface area contributed by atoms with E-state index in [1.165, 1.54) is 98.4 Å².